The lowest BCUT2D eigenvalue weighted by atomic mass is 9.94. The van der Waals surface area contributed by atoms with E-state index in [2.05, 4.69) is 29.6 Å². The summed E-state index contributed by atoms with van der Waals surface area (Å²) in [6.07, 6.45) is -0.992. The average Bonchev–Trinajstić information content (AvgIpc) is 3.17. The van der Waals surface area contributed by atoms with Crippen LogP contribution in [0.25, 0.3) is 0 Å². The van der Waals surface area contributed by atoms with Gasteiger partial charge in [-0.3, -0.25) is 5.32 Å². The highest BCUT2D eigenvalue weighted by atomic mass is 16.8. The van der Waals surface area contributed by atoms with Crippen LogP contribution in [0.1, 0.15) is 28.8 Å². The standard InChI is InChI=1S/C23H21NO3/c25-23-26-16-20(27-23)22(19-14-8-3-9-15-19)24-21(17-10-4-1-5-11-17)18-12-6-2-7-13-18/h1-15,20-22,24H,16H2/t20-,22+/m1/s1. The third-order valence-electron chi connectivity index (χ3n) is 4.76. The Morgan fingerprint density at radius 3 is 1.67 bits per heavy atom. The second-order valence-corrected chi connectivity index (χ2v) is 6.53. The van der Waals surface area contributed by atoms with Crippen molar-refractivity contribution in [1.82, 2.24) is 5.32 Å². The molecule has 4 heteroatoms. The molecule has 0 unspecified atom stereocenters. The average molecular weight is 359 g/mol. The van der Waals surface area contributed by atoms with Crippen molar-refractivity contribution < 1.29 is 14.3 Å². The van der Waals surface area contributed by atoms with E-state index < -0.39 is 6.16 Å². The van der Waals surface area contributed by atoms with Crippen molar-refractivity contribution in [2.24, 2.45) is 0 Å². The second kappa shape index (κ2) is 8.06. The van der Waals surface area contributed by atoms with Crippen LogP contribution in [0, 0.1) is 0 Å². The van der Waals surface area contributed by atoms with Gasteiger partial charge >= 0.3 is 6.16 Å². The molecule has 0 amide bonds. The molecule has 1 N–H and O–H groups in total. The highest BCUT2D eigenvalue weighted by Crippen LogP contribution is 2.30. The van der Waals surface area contributed by atoms with E-state index in [0.717, 1.165) is 16.7 Å². The number of hydrogen-bond acceptors (Lipinski definition) is 4. The van der Waals surface area contributed by atoms with Gasteiger partial charge in [0.05, 0.1) is 12.1 Å². The van der Waals surface area contributed by atoms with Crippen molar-refractivity contribution >= 4 is 6.16 Å². The monoisotopic (exact) mass is 359 g/mol. The maximum absolute atomic E-state index is 11.5. The second-order valence-electron chi connectivity index (χ2n) is 6.53. The first-order valence-electron chi connectivity index (χ1n) is 9.05. The van der Waals surface area contributed by atoms with Crippen molar-refractivity contribution in [3.63, 3.8) is 0 Å². The van der Waals surface area contributed by atoms with Gasteiger partial charge in [0, 0.05) is 0 Å². The van der Waals surface area contributed by atoms with Gasteiger partial charge in [0.25, 0.3) is 0 Å². The van der Waals surface area contributed by atoms with Gasteiger partial charge in [-0.05, 0) is 16.7 Å². The molecule has 136 valence electrons. The minimum absolute atomic E-state index is 0.0445. The zero-order valence-electron chi connectivity index (χ0n) is 14.8. The molecule has 3 aromatic rings. The first-order chi connectivity index (χ1) is 13.3. The zero-order chi connectivity index (χ0) is 18.5. The summed E-state index contributed by atoms with van der Waals surface area (Å²) in [7, 11) is 0. The number of carbonyl (C=O) groups is 1. The maximum atomic E-state index is 11.5. The molecule has 0 radical (unpaired) electrons. The summed E-state index contributed by atoms with van der Waals surface area (Å²) in [6, 6.07) is 30.3. The van der Waals surface area contributed by atoms with Gasteiger partial charge < -0.3 is 9.47 Å². The van der Waals surface area contributed by atoms with Crippen LogP contribution in [0.4, 0.5) is 4.79 Å². The van der Waals surface area contributed by atoms with Gasteiger partial charge in [0.1, 0.15) is 6.61 Å². The number of cyclic esters (lactones) is 2. The van der Waals surface area contributed by atoms with Gasteiger partial charge in [0.2, 0.25) is 0 Å². The Morgan fingerprint density at radius 1 is 0.741 bits per heavy atom. The fraction of sp³-hybridized carbons (Fsp3) is 0.174. The van der Waals surface area contributed by atoms with Crippen molar-refractivity contribution in [1.29, 1.82) is 0 Å². The van der Waals surface area contributed by atoms with E-state index in [0.29, 0.717) is 0 Å². The quantitative estimate of drug-likeness (QED) is 0.651. The van der Waals surface area contributed by atoms with Gasteiger partial charge in [-0.2, -0.15) is 0 Å². The SMILES string of the molecule is O=C1OC[C@H]([C@@H](NC(c2ccccc2)c2ccccc2)c2ccccc2)O1. The molecule has 0 aliphatic carbocycles. The van der Waals surface area contributed by atoms with Crippen LogP contribution < -0.4 is 5.32 Å². The third-order valence-corrected chi connectivity index (χ3v) is 4.76. The summed E-state index contributed by atoms with van der Waals surface area (Å²) in [6.45, 7) is 0.238. The summed E-state index contributed by atoms with van der Waals surface area (Å²) < 4.78 is 10.5. The van der Waals surface area contributed by atoms with Crippen molar-refractivity contribution in [2.45, 2.75) is 18.2 Å². The number of ether oxygens (including phenoxy) is 2. The molecule has 1 aliphatic rings. The van der Waals surface area contributed by atoms with E-state index in [-0.39, 0.29) is 24.8 Å². The molecule has 1 aliphatic heterocycles. The number of rotatable bonds is 6. The molecule has 27 heavy (non-hydrogen) atoms. The largest absolute Gasteiger partial charge is 0.508 e. The molecule has 3 aromatic carbocycles. The fourth-order valence-corrected chi connectivity index (χ4v) is 3.44. The zero-order valence-corrected chi connectivity index (χ0v) is 14.8. The maximum Gasteiger partial charge on any atom is 0.508 e. The topological polar surface area (TPSA) is 47.6 Å². The van der Waals surface area contributed by atoms with Crippen molar-refractivity contribution in [3.05, 3.63) is 108 Å². The molecular formula is C23H21NO3. The van der Waals surface area contributed by atoms with E-state index in [9.17, 15) is 4.79 Å². The molecule has 1 heterocycles. The fourth-order valence-electron chi connectivity index (χ4n) is 3.44. The van der Waals surface area contributed by atoms with Crippen LogP contribution in [0.2, 0.25) is 0 Å². The normalized spacial score (nSPS) is 17.4. The Labute approximate surface area is 158 Å². The molecular weight excluding hydrogens is 338 g/mol. The molecule has 0 spiro atoms. The Morgan fingerprint density at radius 2 is 1.22 bits per heavy atom. The lowest BCUT2D eigenvalue weighted by Crippen LogP contribution is -2.36. The lowest BCUT2D eigenvalue weighted by Gasteiger charge is -2.29. The lowest BCUT2D eigenvalue weighted by molar-refractivity contribution is 0.104. The first kappa shape index (κ1) is 17.3. The molecule has 1 fully saturated rings. The van der Waals surface area contributed by atoms with E-state index in [4.69, 9.17) is 9.47 Å². The molecule has 0 bridgehead atoms. The van der Waals surface area contributed by atoms with Crippen LogP contribution in [0.3, 0.4) is 0 Å². The molecule has 1 saturated heterocycles. The van der Waals surface area contributed by atoms with Gasteiger partial charge in [-0.15, -0.1) is 0 Å². The van der Waals surface area contributed by atoms with E-state index >= 15 is 0 Å². The minimum Gasteiger partial charge on any atom is -0.430 e. The summed E-state index contributed by atoms with van der Waals surface area (Å²) in [5.41, 5.74) is 3.35. The predicted molar refractivity (Wildman–Crippen MR) is 103 cm³/mol. The summed E-state index contributed by atoms with van der Waals surface area (Å²) in [4.78, 5) is 11.5. The van der Waals surface area contributed by atoms with Crippen LogP contribution in [0.15, 0.2) is 91.0 Å². The molecule has 0 saturated carbocycles. The first-order valence-corrected chi connectivity index (χ1v) is 9.05. The van der Waals surface area contributed by atoms with E-state index in [1.165, 1.54) is 0 Å². The molecule has 0 aromatic heterocycles. The number of carbonyl (C=O) groups excluding carboxylic acids is 1. The Kier molecular flexibility index (Phi) is 5.17. The molecule has 4 rings (SSSR count). The number of benzene rings is 3. The Balaban J connectivity index is 1.71. The van der Waals surface area contributed by atoms with Crippen molar-refractivity contribution in [2.75, 3.05) is 6.61 Å². The Hall–Kier alpha value is -3.11. The number of nitrogens with one attached hydrogen (secondary N) is 1. The van der Waals surface area contributed by atoms with Crippen LogP contribution >= 0.6 is 0 Å². The summed E-state index contributed by atoms with van der Waals surface area (Å²) in [5.74, 6) is 0. The minimum atomic E-state index is -0.612. The molecule has 2 atom stereocenters. The highest BCUT2D eigenvalue weighted by molar-refractivity contribution is 5.62. The van der Waals surface area contributed by atoms with Crippen LogP contribution in [-0.2, 0) is 9.47 Å². The van der Waals surface area contributed by atoms with Gasteiger partial charge in [-0.1, -0.05) is 91.0 Å². The van der Waals surface area contributed by atoms with Crippen molar-refractivity contribution in [3.8, 4) is 0 Å². The van der Waals surface area contributed by atoms with Crippen LogP contribution in [-0.4, -0.2) is 18.9 Å². The Bertz CT molecular complexity index is 828. The van der Waals surface area contributed by atoms with E-state index in [1.807, 2.05) is 66.7 Å². The van der Waals surface area contributed by atoms with Gasteiger partial charge in [-0.25, -0.2) is 4.79 Å². The van der Waals surface area contributed by atoms with Crippen LogP contribution in [0.5, 0.6) is 0 Å². The molecule has 4 nitrogen and oxygen atoms in total. The third kappa shape index (κ3) is 4.01. The number of hydrogen-bond donors (Lipinski definition) is 1. The van der Waals surface area contributed by atoms with E-state index in [1.54, 1.807) is 0 Å². The van der Waals surface area contributed by atoms with Gasteiger partial charge in [0.15, 0.2) is 6.10 Å². The smallest absolute Gasteiger partial charge is 0.430 e. The summed E-state index contributed by atoms with van der Waals surface area (Å²) >= 11 is 0. The highest BCUT2D eigenvalue weighted by Gasteiger charge is 2.35. The summed E-state index contributed by atoms with van der Waals surface area (Å²) in [5, 5.41) is 3.71. The predicted octanol–water partition coefficient (Wildman–Crippen LogP) is 4.64.